The van der Waals surface area contributed by atoms with Gasteiger partial charge in [0.05, 0.1) is 4.90 Å². The lowest BCUT2D eigenvalue weighted by Gasteiger charge is -2.35. The van der Waals surface area contributed by atoms with Crippen LogP contribution in [0.2, 0.25) is 0 Å². The molecule has 6 nitrogen and oxygen atoms in total. The maximum Gasteiger partial charge on any atom is 0.255 e. The number of anilines is 2. The molecule has 0 bridgehead atoms. The van der Waals surface area contributed by atoms with E-state index in [0.717, 1.165) is 50.2 Å². The number of nitrogens with one attached hydrogen (secondary N) is 1. The van der Waals surface area contributed by atoms with Gasteiger partial charge >= 0.3 is 0 Å². The van der Waals surface area contributed by atoms with Crippen molar-refractivity contribution in [3.63, 3.8) is 0 Å². The monoisotopic (exact) mass is 401 g/mol. The Morgan fingerprint density at radius 1 is 1.04 bits per heavy atom. The Labute approximate surface area is 167 Å². The third-order valence-electron chi connectivity index (χ3n) is 5.19. The van der Waals surface area contributed by atoms with E-state index in [1.807, 2.05) is 19.1 Å². The lowest BCUT2D eigenvalue weighted by atomic mass is 10.1. The van der Waals surface area contributed by atoms with Crippen LogP contribution in [0.3, 0.4) is 0 Å². The van der Waals surface area contributed by atoms with Crippen LogP contribution in [0.4, 0.5) is 11.4 Å². The Morgan fingerprint density at radius 3 is 2.21 bits per heavy atom. The van der Waals surface area contributed by atoms with E-state index in [2.05, 4.69) is 28.1 Å². The molecule has 28 heavy (non-hydrogen) atoms. The summed E-state index contributed by atoms with van der Waals surface area (Å²) in [4.78, 5) is 17.5. The molecule has 0 radical (unpaired) electrons. The zero-order valence-electron chi connectivity index (χ0n) is 16.6. The molecule has 0 saturated carbocycles. The van der Waals surface area contributed by atoms with Crippen LogP contribution >= 0.6 is 0 Å². The quantitative estimate of drug-likeness (QED) is 0.834. The fraction of sp³-hybridized carbons (Fsp3) is 0.381. The minimum Gasteiger partial charge on any atom is -0.369 e. The van der Waals surface area contributed by atoms with Gasteiger partial charge in [0.25, 0.3) is 5.91 Å². The van der Waals surface area contributed by atoms with Crippen LogP contribution in [0.25, 0.3) is 0 Å². The molecule has 1 fully saturated rings. The van der Waals surface area contributed by atoms with Crippen molar-refractivity contribution in [2.24, 2.45) is 0 Å². The molecule has 1 aliphatic heterocycles. The number of amides is 1. The van der Waals surface area contributed by atoms with Crippen molar-refractivity contribution < 1.29 is 13.2 Å². The summed E-state index contributed by atoms with van der Waals surface area (Å²) >= 11 is 0. The molecule has 0 aromatic heterocycles. The molecule has 0 unspecified atom stereocenters. The molecule has 3 rings (SSSR count). The van der Waals surface area contributed by atoms with Crippen molar-refractivity contribution in [3.8, 4) is 0 Å². The second kappa shape index (κ2) is 8.32. The molecule has 1 saturated heterocycles. The van der Waals surface area contributed by atoms with Crippen LogP contribution in [-0.2, 0) is 9.84 Å². The number of nitrogens with zero attached hydrogens (tertiary/aromatic N) is 2. The van der Waals surface area contributed by atoms with Crippen LogP contribution < -0.4 is 10.2 Å². The summed E-state index contributed by atoms with van der Waals surface area (Å²) in [6.07, 6.45) is 1.15. The molecule has 0 spiro atoms. The van der Waals surface area contributed by atoms with Gasteiger partial charge in [-0.25, -0.2) is 8.42 Å². The molecule has 7 heteroatoms. The smallest absolute Gasteiger partial charge is 0.255 e. The summed E-state index contributed by atoms with van der Waals surface area (Å²) in [5, 5.41) is 2.92. The molecule has 2 aromatic rings. The first-order chi connectivity index (χ1) is 13.3. The lowest BCUT2D eigenvalue weighted by molar-refractivity contribution is 0.102. The van der Waals surface area contributed by atoms with Crippen LogP contribution in [0.15, 0.2) is 47.4 Å². The molecule has 150 valence electrons. The van der Waals surface area contributed by atoms with Gasteiger partial charge in [-0.15, -0.1) is 0 Å². The van der Waals surface area contributed by atoms with Crippen molar-refractivity contribution in [3.05, 3.63) is 53.6 Å². The number of likely N-dealkylation sites (N-methyl/N-ethyl adjacent to an activating group) is 1. The highest BCUT2D eigenvalue weighted by atomic mass is 32.2. The van der Waals surface area contributed by atoms with Gasteiger partial charge in [0.1, 0.15) is 0 Å². The van der Waals surface area contributed by atoms with Gasteiger partial charge in [-0.3, -0.25) is 4.79 Å². The van der Waals surface area contributed by atoms with Crippen LogP contribution in [0.5, 0.6) is 0 Å². The van der Waals surface area contributed by atoms with Crippen LogP contribution in [0, 0.1) is 6.92 Å². The second-order valence-electron chi connectivity index (χ2n) is 7.17. The molecular weight excluding hydrogens is 374 g/mol. The molecule has 1 aliphatic rings. The zero-order chi connectivity index (χ0) is 20.3. The van der Waals surface area contributed by atoms with Crippen LogP contribution in [-0.4, -0.2) is 58.2 Å². The summed E-state index contributed by atoms with van der Waals surface area (Å²) in [7, 11) is -3.27. The topological polar surface area (TPSA) is 69.7 Å². The highest BCUT2D eigenvalue weighted by Gasteiger charge is 2.17. The van der Waals surface area contributed by atoms with Gasteiger partial charge in [0.2, 0.25) is 0 Å². The van der Waals surface area contributed by atoms with Gasteiger partial charge in [-0.05, 0) is 61.5 Å². The van der Waals surface area contributed by atoms with Crippen molar-refractivity contribution in [1.29, 1.82) is 0 Å². The first-order valence-electron chi connectivity index (χ1n) is 9.47. The largest absolute Gasteiger partial charge is 0.369 e. The molecule has 0 aliphatic carbocycles. The molecule has 2 aromatic carbocycles. The maximum atomic E-state index is 12.5. The SMILES string of the molecule is CCN1CCN(c2ccc(NC(=O)c3ccc(S(C)(=O)=O)cc3)c(C)c2)CC1. The Kier molecular flexibility index (Phi) is 6.05. The molecular formula is C21H27N3O3S. The lowest BCUT2D eigenvalue weighted by Crippen LogP contribution is -2.46. The van der Waals surface area contributed by atoms with E-state index in [1.165, 1.54) is 30.0 Å². The van der Waals surface area contributed by atoms with Crippen molar-refractivity contribution in [1.82, 2.24) is 4.90 Å². The number of piperazine rings is 1. The highest BCUT2D eigenvalue weighted by Crippen LogP contribution is 2.24. The second-order valence-corrected chi connectivity index (χ2v) is 9.19. The van der Waals surface area contributed by atoms with E-state index >= 15 is 0 Å². The number of carbonyl (C=O) groups is 1. The molecule has 0 atom stereocenters. The number of carbonyl (C=O) groups excluding carboxylic acids is 1. The Balaban J connectivity index is 1.68. The van der Waals surface area contributed by atoms with E-state index < -0.39 is 9.84 Å². The molecule has 1 amide bonds. The first kappa shape index (κ1) is 20.4. The average Bonchev–Trinajstić information content (AvgIpc) is 2.69. The van der Waals surface area contributed by atoms with Crippen molar-refractivity contribution in [2.45, 2.75) is 18.7 Å². The highest BCUT2D eigenvalue weighted by molar-refractivity contribution is 7.90. The number of hydrogen-bond donors (Lipinski definition) is 1. The van der Waals surface area contributed by atoms with E-state index in [1.54, 1.807) is 0 Å². The zero-order valence-corrected chi connectivity index (χ0v) is 17.4. The minimum absolute atomic E-state index is 0.202. The average molecular weight is 402 g/mol. The standard InChI is InChI=1S/C21H27N3O3S/c1-4-23-11-13-24(14-12-23)18-7-10-20(16(2)15-18)22-21(25)17-5-8-19(9-6-17)28(3,26)27/h5-10,15H,4,11-14H2,1-3H3,(H,22,25). The Hall–Kier alpha value is -2.38. The van der Waals surface area contributed by atoms with Gasteiger partial charge in [-0.2, -0.15) is 0 Å². The van der Waals surface area contributed by atoms with E-state index in [4.69, 9.17) is 0 Å². The number of hydrogen-bond acceptors (Lipinski definition) is 5. The van der Waals surface area contributed by atoms with Gasteiger partial charge in [0.15, 0.2) is 9.84 Å². The van der Waals surface area contributed by atoms with Crippen LogP contribution in [0.1, 0.15) is 22.8 Å². The maximum absolute atomic E-state index is 12.5. The predicted molar refractivity (Wildman–Crippen MR) is 113 cm³/mol. The normalized spacial score (nSPS) is 15.5. The fourth-order valence-electron chi connectivity index (χ4n) is 3.36. The number of rotatable bonds is 5. The number of sulfone groups is 1. The summed E-state index contributed by atoms with van der Waals surface area (Å²) < 4.78 is 23.1. The predicted octanol–water partition coefficient (Wildman–Crippen LogP) is 2.79. The summed E-state index contributed by atoms with van der Waals surface area (Å²) in [6, 6.07) is 12.0. The van der Waals surface area contributed by atoms with Crippen molar-refractivity contribution >= 4 is 27.1 Å². The number of aryl methyl sites for hydroxylation is 1. The Bertz CT molecular complexity index is 947. The van der Waals surface area contributed by atoms with Gasteiger partial charge < -0.3 is 15.1 Å². The van der Waals surface area contributed by atoms with Gasteiger partial charge in [0, 0.05) is 49.4 Å². The van der Waals surface area contributed by atoms with Gasteiger partial charge in [-0.1, -0.05) is 6.92 Å². The van der Waals surface area contributed by atoms with E-state index in [0.29, 0.717) is 5.56 Å². The minimum atomic E-state index is -3.27. The number of benzene rings is 2. The molecule has 1 N–H and O–H groups in total. The summed E-state index contributed by atoms with van der Waals surface area (Å²) in [5.74, 6) is -0.257. The van der Waals surface area contributed by atoms with E-state index in [9.17, 15) is 13.2 Å². The third kappa shape index (κ3) is 4.72. The first-order valence-corrected chi connectivity index (χ1v) is 11.4. The molecule has 1 heterocycles. The summed E-state index contributed by atoms with van der Waals surface area (Å²) in [6.45, 7) is 9.40. The summed E-state index contributed by atoms with van der Waals surface area (Å²) in [5.41, 5.74) is 3.35. The van der Waals surface area contributed by atoms with E-state index in [-0.39, 0.29) is 10.8 Å². The third-order valence-corrected chi connectivity index (χ3v) is 6.32. The fourth-order valence-corrected chi connectivity index (χ4v) is 3.99. The van der Waals surface area contributed by atoms with Crippen molar-refractivity contribution in [2.75, 3.05) is 49.2 Å². The Morgan fingerprint density at radius 2 is 1.68 bits per heavy atom.